The highest BCUT2D eigenvalue weighted by Gasteiger charge is 2.45. The van der Waals surface area contributed by atoms with Gasteiger partial charge >= 0.3 is 5.97 Å². The van der Waals surface area contributed by atoms with Crippen molar-refractivity contribution in [2.24, 2.45) is 17.1 Å². The molecule has 5 nitrogen and oxygen atoms in total. The van der Waals surface area contributed by atoms with Crippen molar-refractivity contribution in [3.8, 4) is 0 Å². The number of amides is 1. The zero-order valence-electron chi connectivity index (χ0n) is 10.5. The molecule has 0 saturated heterocycles. The molecular weight excluding hydrogens is 220 g/mol. The van der Waals surface area contributed by atoms with Gasteiger partial charge in [-0.2, -0.15) is 0 Å². The van der Waals surface area contributed by atoms with Gasteiger partial charge in [0.15, 0.2) is 0 Å². The van der Waals surface area contributed by atoms with E-state index >= 15 is 0 Å². The highest BCUT2D eigenvalue weighted by molar-refractivity contribution is 5.82. The van der Waals surface area contributed by atoms with Crippen LogP contribution in [0.1, 0.15) is 39.5 Å². The average molecular weight is 242 g/mol. The number of carboxylic acid groups (broad SMARTS) is 1. The first-order valence-corrected chi connectivity index (χ1v) is 6.12. The Balaban J connectivity index is 2.27. The molecule has 4 N–H and O–H groups in total. The molecule has 0 heterocycles. The van der Waals surface area contributed by atoms with Gasteiger partial charge in [0.25, 0.3) is 0 Å². The van der Waals surface area contributed by atoms with E-state index in [4.69, 9.17) is 10.8 Å². The molecule has 0 aromatic carbocycles. The first-order valence-electron chi connectivity index (χ1n) is 6.12. The van der Waals surface area contributed by atoms with Crippen molar-refractivity contribution in [3.63, 3.8) is 0 Å². The predicted molar refractivity (Wildman–Crippen MR) is 64.4 cm³/mol. The van der Waals surface area contributed by atoms with Gasteiger partial charge in [-0.15, -0.1) is 0 Å². The maximum atomic E-state index is 11.6. The van der Waals surface area contributed by atoms with Crippen molar-refractivity contribution in [2.75, 3.05) is 6.54 Å². The molecule has 1 aliphatic rings. The number of hydrogen-bond donors (Lipinski definition) is 3. The lowest BCUT2D eigenvalue weighted by Gasteiger charge is -2.21. The van der Waals surface area contributed by atoms with E-state index in [-0.39, 0.29) is 24.2 Å². The summed E-state index contributed by atoms with van der Waals surface area (Å²) in [6.45, 7) is 4.97. The van der Waals surface area contributed by atoms with E-state index in [1.165, 1.54) is 0 Å². The van der Waals surface area contributed by atoms with Crippen molar-refractivity contribution < 1.29 is 14.7 Å². The zero-order valence-corrected chi connectivity index (χ0v) is 10.5. The molecule has 98 valence electrons. The monoisotopic (exact) mass is 242 g/mol. The van der Waals surface area contributed by atoms with Gasteiger partial charge in [-0.1, -0.05) is 13.8 Å². The number of carbonyl (C=O) groups excluding carboxylic acids is 1. The Morgan fingerprint density at radius 3 is 2.41 bits per heavy atom. The molecule has 5 heteroatoms. The average Bonchev–Trinajstić information content (AvgIpc) is 3.03. The maximum Gasteiger partial charge on any atom is 0.303 e. The molecule has 1 aliphatic carbocycles. The third kappa shape index (κ3) is 4.00. The summed E-state index contributed by atoms with van der Waals surface area (Å²) in [7, 11) is 0. The van der Waals surface area contributed by atoms with Gasteiger partial charge in [0.2, 0.25) is 5.91 Å². The van der Waals surface area contributed by atoms with Crippen molar-refractivity contribution in [1.29, 1.82) is 0 Å². The highest BCUT2D eigenvalue weighted by Crippen LogP contribution is 2.51. The Morgan fingerprint density at radius 1 is 1.41 bits per heavy atom. The lowest BCUT2D eigenvalue weighted by molar-refractivity contribution is -0.137. The summed E-state index contributed by atoms with van der Waals surface area (Å²) in [5.41, 5.74) is 5.87. The smallest absolute Gasteiger partial charge is 0.303 e. The molecular formula is C12H22N2O3. The van der Waals surface area contributed by atoms with Crippen LogP contribution in [0.25, 0.3) is 0 Å². The highest BCUT2D eigenvalue weighted by atomic mass is 16.4. The largest absolute Gasteiger partial charge is 0.481 e. The fourth-order valence-corrected chi connectivity index (χ4v) is 1.92. The summed E-state index contributed by atoms with van der Waals surface area (Å²) in [6, 6.07) is -0.714. The van der Waals surface area contributed by atoms with E-state index in [2.05, 4.69) is 19.2 Å². The lowest BCUT2D eigenvalue weighted by atomic mass is 9.92. The minimum absolute atomic E-state index is 0.0656. The summed E-state index contributed by atoms with van der Waals surface area (Å²) in [5.74, 6) is -0.606. The SMILES string of the molecule is CC(C)C1(CNC(=O)C(N)CCC(=O)O)CC1. The molecule has 1 fully saturated rings. The van der Waals surface area contributed by atoms with Crippen LogP contribution in [-0.2, 0) is 9.59 Å². The van der Waals surface area contributed by atoms with E-state index < -0.39 is 12.0 Å². The molecule has 0 aromatic heterocycles. The molecule has 1 saturated carbocycles. The summed E-state index contributed by atoms with van der Waals surface area (Å²) in [4.78, 5) is 22.0. The second-order valence-corrected chi connectivity index (χ2v) is 5.27. The van der Waals surface area contributed by atoms with Gasteiger partial charge in [0, 0.05) is 13.0 Å². The van der Waals surface area contributed by atoms with Crippen LogP contribution >= 0.6 is 0 Å². The molecule has 1 rings (SSSR count). The predicted octanol–water partition coefficient (Wildman–Crippen LogP) is 0.731. The van der Waals surface area contributed by atoms with Crippen LogP contribution in [0.2, 0.25) is 0 Å². The van der Waals surface area contributed by atoms with E-state index in [0.29, 0.717) is 12.5 Å². The molecule has 0 aromatic rings. The van der Waals surface area contributed by atoms with Gasteiger partial charge in [0.05, 0.1) is 6.04 Å². The van der Waals surface area contributed by atoms with Gasteiger partial charge in [0.1, 0.15) is 0 Å². The second-order valence-electron chi connectivity index (χ2n) is 5.27. The van der Waals surface area contributed by atoms with Crippen LogP contribution in [0, 0.1) is 11.3 Å². The molecule has 1 atom stereocenters. The third-order valence-corrected chi connectivity index (χ3v) is 3.74. The Bertz CT molecular complexity index is 298. The fourth-order valence-electron chi connectivity index (χ4n) is 1.92. The van der Waals surface area contributed by atoms with E-state index in [0.717, 1.165) is 12.8 Å². The molecule has 1 amide bonds. The Hall–Kier alpha value is -1.10. The standard InChI is InChI=1S/C12H22N2O3/c1-8(2)12(5-6-12)7-14-11(17)9(13)3-4-10(15)16/h8-9H,3-7,13H2,1-2H3,(H,14,17)(H,15,16). The summed E-state index contributed by atoms with van der Waals surface area (Å²) in [5, 5.41) is 11.3. The fraction of sp³-hybridized carbons (Fsp3) is 0.833. The Kier molecular flexibility index (Phi) is 4.51. The van der Waals surface area contributed by atoms with Crippen LogP contribution in [0.5, 0.6) is 0 Å². The second kappa shape index (κ2) is 5.49. The van der Waals surface area contributed by atoms with Gasteiger partial charge in [-0.25, -0.2) is 0 Å². The number of rotatable bonds is 7. The molecule has 17 heavy (non-hydrogen) atoms. The third-order valence-electron chi connectivity index (χ3n) is 3.74. The summed E-state index contributed by atoms with van der Waals surface area (Å²) >= 11 is 0. The molecule has 0 radical (unpaired) electrons. The number of aliphatic carboxylic acids is 1. The van der Waals surface area contributed by atoms with Gasteiger partial charge < -0.3 is 16.2 Å². The van der Waals surface area contributed by atoms with Gasteiger partial charge in [-0.3, -0.25) is 9.59 Å². The van der Waals surface area contributed by atoms with Crippen molar-refractivity contribution >= 4 is 11.9 Å². The van der Waals surface area contributed by atoms with Crippen LogP contribution in [0.4, 0.5) is 0 Å². The number of hydrogen-bond acceptors (Lipinski definition) is 3. The zero-order chi connectivity index (χ0) is 13.1. The normalized spacial score (nSPS) is 18.8. The van der Waals surface area contributed by atoms with Crippen molar-refractivity contribution in [3.05, 3.63) is 0 Å². The Morgan fingerprint density at radius 2 is 2.00 bits per heavy atom. The molecule has 0 bridgehead atoms. The minimum atomic E-state index is -0.922. The number of nitrogens with two attached hydrogens (primary N) is 1. The quantitative estimate of drug-likeness (QED) is 0.613. The number of carboxylic acids is 1. The lowest BCUT2D eigenvalue weighted by Crippen LogP contribution is -2.43. The summed E-state index contributed by atoms with van der Waals surface area (Å²) < 4.78 is 0. The van der Waals surface area contributed by atoms with E-state index in [9.17, 15) is 9.59 Å². The van der Waals surface area contributed by atoms with Crippen LogP contribution in [-0.4, -0.2) is 29.6 Å². The van der Waals surface area contributed by atoms with Crippen molar-refractivity contribution in [1.82, 2.24) is 5.32 Å². The molecule has 0 spiro atoms. The molecule has 1 unspecified atom stereocenters. The Labute approximate surface area is 102 Å². The first-order chi connectivity index (χ1) is 7.87. The van der Waals surface area contributed by atoms with Crippen LogP contribution in [0.15, 0.2) is 0 Å². The summed E-state index contributed by atoms with van der Waals surface area (Å²) in [6.07, 6.45) is 2.42. The first kappa shape index (κ1) is 14.0. The van der Waals surface area contributed by atoms with Crippen LogP contribution in [0.3, 0.4) is 0 Å². The minimum Gasteiger partial charge on any atom is -0.481 e. The van der Waals surface area contributed by atoms with Crippen molar-refractivity contribution in [2.45, 2.75) is 45.6 Å². The van der Waals surface area contributed by atoms with Gasteiger partial charge in [-0.05, 0) is 30.6 Å². The van der Waals surface area contributed by atoms with E-state index in [1.807, 2.05) is 0 Å². The topological polar surface area (TPSA) is 92.4 Å². The maximum absolute atomic E-state index is 11.6. The number of carbonyl (C=O) groups is 2. The molecule has 0 aliphatic heterocycles. The van der Waals surface area contributed by atoms with Crippen LogP contribution < -0.4 is 11.1 Å². The van der Waals surface area contributed by atoms with E-state index in [1.54, 1.807) is 0 Å². The number of nitrogens with one attached hydrogen (secondary N) is 1.